The predicted octanol–water partition coefficient (Wildman–Crippen LogP) is 0.833. The fourth-order valence-corrected chi connectivity index (χ4v) is 2.39. The third-order valence-electron chi connectivity index (χ3n) is 2.02. The summed E-state index contributed by atoms with van der Waals surface area (Å²) in [5.74, 6) is 0. The Kier molecular flexibility index (Phi) is 5.26. The number of nitrogens with one attached hydrogen (secondary N) is 1. The molecule has 1 atom stereocenters. The van der Waals surface area contributed by atoms with E-state index in [9.17, 15) is 8.42 Å². The van der Waals surface area contributed by atoms with Gasteiger partial charge in [0, 0.05) is 19.8 Å². The van der Waals surface area contributed by atoms with E-state index in [1.54, 1.807) is 14.0 Å². The van der Waals surface area contributed by atoms with Crippen molar-refractivity contribution in [1.29, 1.82) is 0 Å². The van der Waals surface area contributed by atoms with E-state index in [0.29, 0.717) is 13.0 Å². The van der Waals surface area contributed by atoms with Crippen LogP contribution in [0.2, 0.25) is 5.28 Å². The third-order valence-corrected chi connectivity index (χ3v) is 3.76. The van der Waals surface area contributed by atoms with Gasteiger partial charge in [0.15, 0.2) is 0 Å². The standard InChI is InChI=1S/C9H14ClN3O3S/c1-7(3-4-16-2)13-17(14,15)8-5-11-9(10)12-6-8/h5-7,13H,3-4H2,1-2H3. The lowest BCUT2D eigenvalue weighted by molar-refractivity contribution is 0.188. The van der Waals surface area contributed by atoms with Crippen molar-refractivity contribution in [3.8, 4) is 0 Å². The van der Waals surface area contributed by atoms with Crippen molar-refractivity contribution in [2.75, 3.05) is 13.7 Å². The Bertz CT molecular complexity index is 449. The fraction of sp³-hybridized carbons (Fsp3) is 0.556. The smallest absolute Gasteiger partial charge is 0.243 e. The SMILES string of the molecule is COCCC(C)NS(=O)(=O)c1cnc(Cl)nc1. The molecule has 0 saturated heterocycles. The van der Waals surface area contributed by atoms with Crippen LogP contribution >= 0.6 is 11.6 Å². The molecule has 0 bridgehead atoms. The van der Waals surface area contributed by atoms with Gasteiger partial charge < -0.3 is 4.74 Å². The van der Waals surface area contributed by atoms with Gasteiger partial charge in [0.05, 0.1) is 12.4 Å². The van der Waals surface area contributed by atoms with Crippen LogP contribution in [0.25, 0.3) is 0 Å². The second kappa shape index (κ2) is 6.25. The first kappa shape index (κ1) is 14.3. The van der Waals surface area contributed by atoms with Crippen molar-refractivity contribution < 1.29 is 13.2 Å². The van der Waals surface area contributed by atoms with Crippen molar-refractivity contribution in [3.05, 3.63) is 17.7 Å². The van der Waals surface area contributed by atoms with Gasteiger partial charge in [-0.15, -0.1) is 0 Å². The molecule has 0 fully saturated rings. The first-order valence-electron chi connectivity index (χ1n) is 4.94. The lowest BCUT2D eigenvalue weighted by atomic mass is 10.3. The Hall–Kier alpha value is -0.760. The zero-order chi connectivity index (χ0) is 12.9. The molecule has 0 aliphatic rings. The summed E-state index contributed by atoms with van der Waals surface area (Å²) in [5.41, 5.74) is 0. The zero-order valence-electron chi connectivity index (χ0n) is 9.55. The second-order valence-electron chi connectivity index (χ2n) is 3.49. The summed E-state index contributed by atoms with van der Waals surface area (Å²) < 4.78 is 31.1. The Morgan fingerprint density at radius 3 is 2.59 bits per heavy atom. The maximum Gasteiger partial charge on any atom is 0.243 e. The molecule has 0 aromatic carbocycles. The normalized spacial score (nSPS) is 13.6. The summed E-state index contributed by atoms with van der Waals surface area (Å²) in [6.45, 7) is 2.24. The topological polar surface area (TPSA) is 81.2 Å². The Morgan fingerprint density at radius 1 is 1.47 bits per heavy atom. The Balaban J connectivity index is 2.71. The highest BCUT2D eigenvalue weighted by Crippen LogP contribution is 2.08. The molecule has 1 N–H and O–H groups in total. The van der Waals surface area contributed by atoms with Gasteiger partial charge in [-0.3, -0.25) is 0 Å². The minimum atomic E-state index is -3.60. The van der Waals surface area contributed by atoms with E-state index in [2.05, 4.69) is 14.7 Å². The molecule has 0 aliphatic carbocycles. The number of hydrogen-bond acceptors (Lipinski definition) is 5. The van der Waals surface area contributed by atoms with Gasteiger partial charge in [-0.25, -0.2) is 23.1 Å². The number of methoxy groups -OCH3 is 1. The number of nitrogens with zero attached hydrogens (tertiary/aromatic N) is 2. The average molecular weight is 280 g/mol. The Morgan fingerprint density at radius 2 is 2.06 bits per heavy atom. The summed E-state index contributed by atoms with van der Waals surface area (Å²) >= 11 is 5.48. The van der Waals surface area contributed by atoms with Gasteiger partial charge in [0.1, 0.15) is 4.90 Å². The summed E-state index contributed by atoms with van der Waals surface area (Å²) in [5, 5.41) is 0.0105. The van der Waals surface area contributed by atoms with Gasteiger partial charge in [-0.1, -0.05) is 0 Å². The first-order chi connectivity index (χ1) is 7.95. The van der Waals surface area contributed by atoms with Crippen LogP contribution in [0.5, 0.6) is 0 Å². The van der Waals surface area contributed by atoms with E-state index in [4.69, 9.17) is 16.3 Å². The van der Waals surface area contributed by atoms with E-state index in [1.807, 2.05) is 0 Å². The number of rotatable bonds is 6. The van der Waals surface area contributed by atoms with E-state index < -0.39 is 10.0 Å². The molecular weight excluding hydrogens is 266 g/mol. The second-order valence-corrected chi connectivity index (χ2v) is 5.54. The average Bonchev–Trinajstić information content (AvgIpc) is 2.26. The van der Waals surface area contributed by atoms with Crippen molar-refractivity contribution in [2.45, 2.75) is 24.3 Å². The van der Waals surface area contributed by atoms with Gasteiger partial charge in [-0.05, 0) is 24.9 Å². The quantitative estimate of drug-likeness (QED) is 0.780. The number of sulfonamides is 1. The van der Waals surface area contributed by atoms with Crippen LogP contribution in [0.3, 0.4) is 0 Å². The van der Waals surface area contributed by atoms with Crippen LogP contribution in [-0.2, 0) is 14.8 Å². The van der Waals surface area contributed by atoms with Gasteiger partial charge >= 0.3 is 0 Å². The molecule has 96 valence electrons. The largest absolute Gasteiger partial charge is 0.385 e. The number of aromatic nitrogens is 2. The fourth-order valence-electron chi connectivity index (χ4n) is 1.13. The lowest BCUT2D eigenvalue weighted by Gasteiger charge is -2.13. The molecule has 0 amide bonds. The van der Waals surface area contributed by atoms with Gasteiger partial charge in [0.25, 0.3) is 0 Å². The summed E-state index contributed by atoms with van der Waals surface area (Å²) in [4.78, 5) is 7.24. The molecule has 0 spiro atoms. The van der Waals surface area contributed by atoms with E-state index >= 15 is 0 Å². The van der Waals surface area contributed by atoms with E-state index in [1.165, 1.54) is 12.4 Å². The molecule has 1 rings (SSSR count). The van der Waals surface area contributed by atoms with Crippen LogP contribution in [0.1, 0.15) is 13.3 Å². The predicted molar refractivity (Wildman–Crippen MR) is 63.3 cm³/mol. The van der Waals surface area contributed by atoms with Crippen LogP contribution in [0, 0.1) is 0 Å². The minimum Gasteiger partial charge on any atom is -0.385 e. The van der Waals surface area contributed by atoms with Crippen LogP contribution < -0.4 is 4.72 Å². The number of hydrogen-bond donors (Lipinski definition) is 1. The number of ether oxygens (including phenoxy) is 1. The molecule has 6 nitrogen and oxygen atoms in total. The van der Waals surface area contributed by atoms with Gasteiger partial charge in [0.2, 0.25) is 15.3 Å². The third kappa shape index (κ3) is 4.55. The maximum atomic E-state index is 11.8. The molecule has 0 radical (unpaired) electrons. The van der Waals surface area contributed by atoms with Crippen LogP contribution in [0.4, 0.5) is 0 Å². The van der Waals surface area contributed by atoms with Crippen LogP contribution in [-0.4, -0.2) is 38.1 Å². The monoisotopic (exact) mass is 279 g/mol. The highest BCUT2D eigenvalue weighted by molar-refractivity contribution is 7.89. The Labute approximate surface area is 105 Å². The molecule has 1 aromatic heterocycles. The minimum absolute atomic E-state index is 0.00818. The lowest BCUT2D eigenvalue weighted by Crippen LogP contribution is -2.33. The highest BCUT2D eigenvalue weighted by Gasteiger charge is 2.17. The molecule has 0 aliphatic heterocycles. The molecule has 1 heterocycles. The maximum absolute atomic E-state index is 11.8. The zero-order valence-corrected chi connectivity index (χ0v) is 11.1. The molecule has 8 heteroatoms. The number of halogens is 1. The van der Waals surface area contributed by atoms with Crippen molar-refractivity contribution in [3.63, 3.8) is 0 Å². The highest BCUT2D eigenvalue weighted by atomic mass is 35.5. The van der Waals surface area contributed by atoms with E-state index in [0.717, 1.165) is 0 Å². The summed E-state index contributed by atoms with van der Waals surface area (Å²) in [6, 6.07) is -0.226. The summed E-state index contributed by atoms with van der Waals surface area (Å²) in [7, 11) is -2.03. The molecule has 1 aromatic rings. The van der Waals surface area contributed by atoms with Crippen LogP contribution in [0.15, 0.2) is 17.3 Å². The molecule has 17 heavy (non-hydrogen) atoms. The van der Waals surface area contributed by atoms with Crippen molar-refractivity contribution >= 4 is 21.6 Å². The van der Waals surface area contributed by atoms with E-state index in [-0.39, 0.29) is 16.2 Å². The first-order valence-corrected chi connectivity index (χ1v) is 6.80. The van der Waals surface area contributed by atoms with Crippen molar-refractivity contribution in [2.24, 2.45) is 0 Å². The molecular formula is C9H14ClN3O3S. The van der Waals surface area contributed by atoms with Gasteiger partial charge in [-0.2, -0.15) is 0 Å². The molecule has 0 saturated carbocycles. The molecule has 1 unspecified atom stereocenters. The summed E-state index contributed by atoms with van der Waals surface area (Å²) in [6.07, 6.45) is 2.92. The van der Waals surface area contributed by atoms with Crippen molar-refractivity contribution in [1.82, 2.24) is 14.7 Å².